The average Bonchev–Trinajstić information content (AvgIpc) is 2.76. The number of nitrogens with zero attached hydrogens (tertiary/aromatic N) is 3. The second-order valence-electron chi connectivity index (χ2n) is 4.27. The van der Waals surface area contributed by atoms with Crippen molar-refractivity contribution in [2.24, 2.45) is 10.9 Å². The Kier molecular flexibility index (Phi) is 4.14. The fourth-order valence-electron chi connectivity index (χ4n) is 1.87. The van der Waals surface area contributed by atoms with E-state index in [1.54, 1.807) is 36.2 Å². The summed E-state index contributed by atoms with van der Waals surface area (Å²) in [5, 5.41) is 16.6. The molecule has 0 bridgehead atoms. The zero-order chi connectivity index (χ0) is 14.7. The third kappa shape index (κ3) is 2.85. The van der Waals surface area contributed by atoms with Crippen LogP contribution in [-0.2, 0) is 6.54 Å². The van der Waals surface area contributed by atoms with E-state index in [-0.39, 0.29) is 5.84 Å². The second-order valence-corrected chi connectivity index (χ2v) is 4.68. The Balaban J connectivity index is 2.38. The molecule has 6 nitrogen and oxygen atoms in total. The minimum Gasteiger partial charge on any atom is -0.496 e. The van der Waals surface area contributed by atoms with Gasteiger partial charge in [0.1, 0.15) is 5.75 Å². The van der Waals surface area contributed by atoms with Gasteiger partial charge in [0, 0.05) is 17.3 Å². The van der Waals surface area contributed by atoms with Crippen molar-refractivity contribution >= 4 is 17.4 Å². The lowest BCUT2D eigenvalue weighted by atomic mass is 10.1. The normalized spacial score (nSPS) is 11.7. The van der Waals surface area contributed by atoms with Gasteiger partial charge in [0.05, 0.1) is 24.4 Å². The highest BCUT2D eigenvalue weighted by Gasteiger charge is 2.10. The van der Waals surface area contributed by atoms with Crippen LogP contribution in [0, 0.1) is 6.92 Å². The summed E-state index contributed by atoms with van der Waals surface area (Å²) >= 11 is 5.99. The predicted molar refractivity (Wildman–Crippen MR) is 76.6 cm³/mol. The third-order valence-electron chi connectivity index (χ3n) is 2.90. The summed E-state index contributed by atoms with van der Waals surface area (Å²) in [5.41, 5.74) is 7.82. The van der Waals surface area contributed by atoms with Crippen molar-refractivity contribution in [2.75, 3.05) is 7.11 Å². The standard InChI is InChI=1S/C13H15ClN4O2/c1-8-11(14)7-18(16-8)6-10-5-9(13(15)17-19)3-4-12(10)20-2/h3-5,7,19H,6H2,1-2H3,(H2,15,17). The SMILES string of the molecule is COc1ccc(/C(N)=N/O)cc1Cn1cc(Cl)c(C)n1. The molecule has 0 unspecified atom stereocenters. The van der Waals surface area contributed by atoms with Crippen molar-refractivity contribution in [1.29, 1.82) is 0 Å². The first-order valence-electron chi connectivity index (χ1n) is 5.89. The van der Waals surface area contributed by atoms with Gasteiger partial charge in [0.2, 0.25) is 0 Å². The molecule has 1 heterocycles. The molecule has 1 aromatic heterocycles. The van der Waals surface area contributed by atoms with E-state index in [1.807, 2.05) is 6.92 Å². The summed E-state index contributed by atoms with van der Waals surface area (Å²) in [5.74, 6) is 0.743. The van der Waals surface area contributed by atoms with Gasteiger partial charge in [-0.3, -0.25) is 4.68 Å². The lowest BCUT2D eigenvalue weighted by molar-refractivity contribution is 0.318. The minimum absolute atomic E-state index is 0.0450. The fraction of sp³-hybridized carbons (Fsp3) is 0.231. The predicted octanol–water partition coefficient (Wildman–Crippen LogP) is 2.00. The molecule has 0 aliphatic carbocycles. The zero-order valence-electron chi connectivity index (χ0n) is 11.2. The van der Waals surface area contributed by atoms with E-state index in [4.69, 9.17) is 27.3 Å². The summed E-state index contributed by atoms with van der Waals surface area (Å²) in [4.78, 5) is 0. The number of methoxy groups -OCH3 is 1. The van der Waals surface area contributed by atoms with E-state index in [2.05, 4.69) is 10.3 Å². The number of hydrogen-bond donors (Lipinski definition) is 2. The molecule has 20 heavy (non-hydrogen) atoms. The molecular weight excluding hydrogens is 280 g/mol. The number of amidine groups is 1. The van der Waals surface area contributed by atoms with Gasteiger partial charge >= 0.3 is 0 Å². The van der Waals surface area contributed by atoms with Crippen molar-refractivity contribution in [2.45, 2.75) is 13.5 Å². The maximum Gasteiger partial charge on any atom is 0.170 e. The van der Waals surface area contributed by atoms with Crippen LogP contribution in [0.25, 0.3) is 0 Å². The first kappa shape index (κ1) is 14.2. The van der Waals surface area contributed by atoms with Crippen LogP contribution in [0.5, 0.6) is 5.75 Å². The second kappa shape index (κ2) is 5.83. The van der Waals surface area contributed by atoms with Gasteiger partial charge < -0.3 is 15.7 Å². The average molecular weight is 295 g/mol. The number of ether oxygens (including phenoxy) is 1. The quantitative estimate of drug-likeness (QED) is 0.391. The Hall–Kier alpha value is -2.21. The van der Waals surface area contributed by atoms with E-state index < -0.39 is 0 Å². The Bertz CT molecular complexity index is 632. The summed E-state index contributed by atoms with van der Waals surface area (Å²) in [6, 6.07) is 5.28. The Morgan fingerprint density at radius 2 is 2.30 bits per heavy atom. The molecule has 0 atom stereocenters. The summed E-state index contributed by atoms with van der Waals surface area (Å²) in [6.07, 6.45) is 1.74. The molecule has 0 spiro atoms. The van der Waals surface area contributed by atoms with Crippen LogP contribution < -0.4 is 10.5 Å². The van der Waals surface area contributed by atoms with Gasteiger partial charge in [-0.2, -0.15) is 5.10 Å². The van der Waals surface area contributed by atoms with Crippen LogP contribution in [-0.4, -0.2) is 27.9 Å². The van der Waals surface area contributed by atoms with Crippen molar-refractivity contribution in [3.8, 4) is 5.75 Å². The molecule has 3 N–H and O–H groups in total. The molecule has 1 aromatic carbocycles. The van der Waals surface area contributed by atoms with Gasteiger partial charge in [0.25, 0.3) is 0 Å². The largest absolute Gasteiger partial charge is 0.496 e. The molecule has 0 aliphatic heterocycles. The van der Waals surface area contributed by atoms with Crippen molar-refractivity contribution < 1.29 is 9.94 Å². The van der Waals surface area contributed by atoms with Gasteiger partial charge in [-0.1, -0.05) is 16.8 Å². The maximum absolute atomic E-state index is 8.73. The fourth-order valence-corrected chi connectivity index (χ4v) is 2.02. The van der Waals surface area contributed by atoms with Crippen LogP contribution in [0.2, 0.25) is 5.02 Å². The van der Waals surface area contributed by atoms with Crippen LogP contribution in [0.4, 0.5) is 0 Å². The van der Waals surface area contributed by atoms with E-state index in [9.17, 15) is 0 Å². The molecule has 0 saturated heterocycles. The lowest BCUT2D eigenvalue weighted by Gasteiger charge is -2.10. The topological polar surface area (TPSA) is 85.7 Å². The summed E-state index contributed by atoms with van der Waals surface area (Å²) < 4.78 is 7.02. The van der Waals surface area contributed by atoms with Gasteiger partial charge in [-0.25, -0.2) is 0 Å². The first-order chi connectivity index (χ1) is 9.55. The zero-order valence-corrected chi connectivity index (χ0v) is 11.9. The number of benzene rings is 1. The highest BCUT2D eigenvalue weighted by molar-refractivity contribution is 6.31. The van der Waals surface area contributed by atoms with E-state index in [0.29, 0.717) is 22.9 Å². The van der Waals surface area contributed by atoms with Crippen LogP contribution in [0.3, 0.4) is 0 Å². The van der Waals surface area contributed by atoms with E-state index in [1.165, 1.54) is 0 Å². The highest BCUT2D eigenvalue weighted by Crippen LogP contribution is 2.22. The lowest BCUT2D eigenvalue weighted by Crippen LogP contribution is -2.14. The van der Waals surface area contributed by atoms with Gasteiger partial charge in [-0.05, 0) is 25.1 Å². The molecule has 0 saturated carbocycles. The third-order valence-corrected chi connectivity index (χ3v) is 3.27. The van der Waals surface area contributed by atoms with Crippen LogP contribution in [0.1, 0.15) is 16.8 Å². The number of oxime groups is 1. The molecule has 7 heteroatoms. The number of rotatable bonds is 4. The van der Waals surface area contributed by atoms with Crippen molar-refractivity contribution in [1.82, 2.24) is 9.78 Å². The van der Waals surface area contributed by atoms with Crippen LogP contribution in [0.15, 0.2) is 29.6 Å². The number of halogens is 1. The first-order valence-corrected chi connectivity index (χ1v) is 6.27. The molecule has 0 aliphatic rings. The Morgan fingerprint density at radius 1 is 1.55 bits per heavy atom. The number of hydrogen-bond acceptors (Lipinski definition) is 4. The maximum atomic E-state index is 8.73. The molecule has 106 valence electrons. The Morgan fingerprint density at radius 3 is 2.85 bits per heavy atom. The van der Waals surface area contributed by atoms with Crippen molar-refractivity contribution in [3.05, 3.63) is 46.2 Å². The molecular formula is C13H15ClN4O2. The van der Waals surface area contributed by atoms with Crippen LogP contribution >= 0.6 is 11.6 Å². The smallest absolute Gasteiger partial charge is 0.170 e. The number of aryl methyl sites for hydroxylation is 1. The molecule has 0 fully saturated rings. The molecule has 0 amide bonds. The minimum atomic E-state index is 0.0450. The Labute approximate surface area is 121 Å². The molecule has 2 rings (SSSR count). The molecule has 2 aromatic rings. The molecule has 0 radical (unpaired) electrons. The number of nitrogens with two attached hydrogens (primary N) is 1. The van der Waals surface area contributed by atoms with E-state index >= 15 is 0 Å². The van der Waals surface area contributed by atoms with Gasteiger partial charge in [-0.15, -0.1) is 0 Å². The summed E-state index contributed by atoms with van der Waals surface area (Å²) in [7, 11) is 1.59. The summed E-state index contributed by atoms with van der Waals surface area (Å²) in [6.45, 7) is 2.31. The van der Waals surface area contributed by atoms with E-state index in [0.717, 1.165) is 11.3 Å². The monoisotopic (exact) mass is 294 g/mol. The number of aromatic nitrogens is 2. The highest BCUT2D eigenvalue weighted by atomic mass is 35.5. The van der Waals surface area contributed by atoms with Gasteiger partial charge in [0.15, 0.2) is 5.84 Å². The van der Waals surface area contributed by atoms with Crippen molar-refractivity contribution in [3.63, 3.8) is 0 Å².